The third kappa shape index (κ3) is 4.54. The van der Waals surface area contributed by atoms with Gasteiger partial charge in [0.2, 0.25) is 18.1 Å². The molecular formula is C20H18N4O5S. The second-order valence-corrected chi connectivity index (χ2v) is 7.20. The second kappa shape index (κ2) is 8.87. The standard InChI is InChI=1S/C20H18N4O5S/c1-27-18-9-24(14(8-15(18)25)11-30-20-21-5-2-6-22-20)10-19(26)23-13-3-4-16-17(7-13)29-12-28-16/h2-9H,10-12H2,1H3,(H,23,26). The molecule has 1 aromatic carbocycles. The Kier molecular flexibility index (Phi) is 5.84. The highest BCUT2D eigenvalue weighted by atomic mass is 32.2. The van der Waals surface area contributed by atoms with E-state index in [1.807, 2.05) is 0 Å². The Morgan fingerprint density at radius 1 is 1.23 bits per heavy atom. The molecule has 0 fully saturated rings. The molecular weight excluding hydrogens is 408 g/mol. The monoisotopic (exact) mass is 426 g/mol. The number of benzene rings is 1. The van der Waals surface area contributed by atoms with Crippen LogP contribution in [0.3, 0.4) is 0 Å². The summed E-state index contributed by atoms with van der Waals surface area (Å²) in [5, 5.41) is 3.41. The Hall–Kier alpha value is -3.53. The van der Waals surface area contributed by atoms with E-state index in [9.17, 15) is 9.59 Å². The Labute approximate surface area is 176 Å². The first kappa shape index (κ1) is 19.8. The zero-order chi connectivity index (χ0) is 20.9. The third-order valence-corrected chi connectivity index (χ3v) is 5.17. The molecule has 0 radical (unpaired) electrons. The van der Waals surface area contributed by atoms with E-state index in [0.29, 0.717) is 33.8 Å². The van der Waals surface area contributed by atoms with Crippen LogP contribution >= 0.6 is 11.8 Å². The Bertz CT molecular complexity index is 1120. The zero-order valence-corrected chi connectivity index (χ0v) is 16.8. The van der Waals surface area contributed by atoms with Gasteiger partial charge in [-0.25, -0.2) is 9.97 Å². The lowest BCUT2D eigenvalue weighted by molar-refractivity contribution is -0.116. The van der Waals surface area contributed by atoms with Gasteiger partial charge in [0.15, 0.2) is 22.4 Å². The van der Waals surface area contributed by atoms with Crippen LogP contribution in [0.25, 0.3) is 0 Å². The smallest absolute Gasteiger partial charge is 0.244 e. The summed E-state index contributed by atoms with van der Waals surface area (Å²) in [5.74, 6) is 1.54. The van der Waals surface area contributed by atoms with Crippen molar-refractivity contribution in [1.82, 2.24) is 14.5 Å². The number of hydrogen-bond donors (Lipinski definition) is 1. The Morgan fingerprint density at radius 2 is 2.03 bits per heavy atom. The number of rotatable bonds is 7. The molecule has 154 valence electrons. The maximum absolute atomic E-state index is 12.6. The molecule has 10 heteroatoms. The average molecular weight is 426 g/mol. The number of amides is 1. The number of fused-ring (bicyclic) bond motifs is 1. The highest BCUT2D eigenvalue weighted by Gasteiger charge is 2.15. The quantitative estimate of drug-likeness (QED) is 0.453. The minimum Gasteiger partial charge on any atom is -0.491 e. The van der Waals surface area contributed by atoms with Crippen LogP contribution in [-0.4, -0.2) is 34.3 Å². The molecule has 0 atom stereocenters. The van der Waals surface area contributed by atoms with Crippen molar-refractivity contribution >= 4 is 23.4 Å². The largest absolute Gasteiger partial charge is 0.491 e. The van der Waals surface area contributed by atoms with Crippen molar-refractivity contribution in [2.75, 3.05) is 19.2 Å². The molecule has 0 bridgehead atoms. The number of nitrogens with zero attached hydrogens (tertiary/aromatic N) is 3. The summed E-state index contributed by atoms with van der Waals surface area (Å²) < 4.78 is 17.4. The van der Waals surface area contributed by atoms with E-state index in [1.54, 1.807) is 41.2 Å². The number of hydrogen-bond acceptors (Lipinski definition) is 8. The van der Waals surface area contributed by atoms with Gasteiger partial charge in [-0.1, -0.05) is 11.8 Å². The maximum Gasteiger partial charge on any atom is 0.244 e. The minimum absolute atomic E-state index is 0.00335. The average Bonchev–Trinajstić information content (AvgIpc) is 3.22. The van der Waals surface area contributed by atoms with Gasteiger partial charge in [-0.15, -0.1) is 0 Å². The molecule has 1 aliphatic heterocycles. The van der Waals surface area contributed by atoms with Gasteiger partial charge >= 0.3 is 0 Å². The number of anilines is 1. The summed E-state index contributed by atoms with van der Waals surface area (Å²) in [5.41, 5.74) is 0.986. The van der Waals surface area contributed by atoms with Crippen LogP contribution in [0.5, 0.6) is 17.2 Å². The molecule has 0 unspecified atom stereocenters. The molecule has 9 nitrogen and oxygen atoms in total. The number of ether oxygens (including phenoxy) is 3. The van der Waals surface area contributed by atoms with Crippen LogP contribution in [0.2, 0.25) is 0 Å². The van der Waals surface area contributed by atoms with Gasteiger partial charge in [0.05, 0.1) is 13.3 Å². The molecule has 3 aromatic rings. The number of aromatic nitrogens is 3. The molecule has 0 aliphatic carbocycles. The first-order chi connectivity index (χ1) is 14.6. The van der Waals surface area contributed by atoms with Crippen LogP contribution in [0.4, 0.5) is 5.69 Å². The van der Waals surface area contributed by atoms with E-state index in [0.717, 1.165) is 0 Å². The highest BCUT2D eigenvalue weighted by molar-refractivity contribution is 7.98. The van der Waals surface area contributed by atoms with Crippen LogP contribution in [0, 0.1) is 0 Å². The Morgan fingerprint density at radius 3 is 2.83 bits per heavy atom. The Balaban J connectivity index is 1.51. The molecule has 1 N–H and O–H groups in total. The molecule has 30 heavy (non-hydrogen) atoms. The van der Waals surface area contributed by atoms with Crippen LogP contribution in [0.15, 0.2) is 58.9 Å². The molecule has 0 saturated heterocycles. The molecule has 4 rings (SSSR count). The zero-order valence-electron chi connectivity index (χ0n) is 16.0. The number of nitrogens with one attached hydrogen (secondary N) is 1. The van der Waals surface area contributed by atoms with E-state index in [-0.39, 0.29) is 30.4 Å². The fraction of sp³-hybridized carbons (Fsp3) is 0.200. The van der Waals surface area contributed by atoms with Gasteiger partial charge in [-0.3, -0.25) is 9.59 Å². The lowest BCUT2D eigenvalue weighted by atomic mass is 10.2. The predicted molar refractivity (Wildman–Crippen MR) is 110 cm³/mol. The first-order valence-electron chi connectivity index (χ1n) is 8.99. The van der Waals surface area contributed by atoms with Crippen molar-refractivity contribution in [3.63, 3.8) is 0 Å². The fourth-order valence-corrected chi connectivity index (χ4v) is 3.64. The lowest BCUT2D eigenvalue weighted by Crippen LogP contribution is -2.22. The van der Waals surface area contributed by atoms with Gasteiger partial charge in [0.25, 0.3) is 0 Å². The number of methoxy groups -OCH3 is 1. The summed E-state index contributed by atoms with van der Waals surface area (Å²) in [4.78, 5) is 33.2. The molecule has 0 spiro atoms. The summed E-state index contributed by atoms with van der Waals surface area (Å²) in [6.07, 6.45) is 4.83. The number of pyridine rings is 1. The van der Waals surface area contributed by atoms with E-state index in [2.05, 4.69) is 15.3 Å². The molecule has 1 amide bonds. The maximum atomic E-state index is 12.6. The summed E-state index contributed by atoms with van der Waals surface area (Å²) in [6, 6.07) is 8.37. The topological polar surface area (TPSA) is 105 Å². The lowest BCUT2D eigenvalue weighted by Gasteiger charge is -2.14. The van der Waals surface area contributed by atoms with E-state index < -0.39 is 0 Å². The molecule has 1 aliphatic rings. The van der Waals surface area contributed by atoms with Crippen molar-refractivity contribution < 1.29 is 19.0 Å². The molecule has 3 heterocycles. The van der Waals surface area contributed by atoms with Gasteiger partial charge in [0, 0.05) is 41.7 Å². The highest BCUT2D eigenvalue weighted by Crippen LogP contribution is 2.34. The van der Waals surface area contributed by atoms with Gasteiger partial charge in [-0.2, -0.15) is 0 Å². The number of thioether (sulfide) groups is 1. The van der Waals surface area contributed by atoms with E-state index in [1.165, 1.54) is 31.1 Å². The van der Waals surface area contributed by atoms with Crippen molar-refractivity contribution in [3.8, 4) is 17.2 Å². The molecule has 2 aromatic heterocycles. The summed E-state index contributed by atoms with van der Waals surface area (Å²) in [6.45, 7) is 0.159. The number of carbonyl (C=O) groups is 1. The van der Waals surface area contributed by atoms with Gasteiger partial charge < -0.3 is 24.1 Å². The molecule has 0 saturated carbocycles. The van der Waals surface area contributed by atoms with Crippen molar-refractivity contribution in [3.05, 3.63) is 64.8 Å². The van der Waals surface area contributed by atoms with Crippen LogP contribution in [0.1, 0.15) is 5.69 Å². The third-order valence-electron chi connectivity index (χ3n) is 4.26. The summed E-state index contributed by atoms with van der Waals surface area (Å²) >= 11 is 1.37. The van der Waals surface area contributed by atoms with Crippen molar-refractivity contribution in [1.29, 1.82) is 0 Å². The minimum atomic E-state index is -0.262. The van der Waals surface area contributed by atoms with Crippen LogP contribution < -0.4 is 25.0 Å². The fourth-order valence-electron chi connectivity index (χ4n) is 2.85. The van der Waals surface area contributed by atoms with Gasteiger partial charge in [-0.05, 0) is 18.2 Å². The van der Waals surface area contributed by atoms with E-state index in [4.69, 9.17) is 14.2 Å². The second-order valence-electron chi connectivity index (χ2n) is 6.26. The van der Waals surface area contributed by atoms with E-state index >= 15 is 0 Å². The first-order valence-corrected chi connectivity index (χ1v) is 9.97. The van der Waals surface area contributed by atoms with Crippen molar-refractivity contribution in [2.45, 2.75) is 17.5 Å². The number of carbonyl (C=O) groups excluding carboxylic acids is 1. The van der Waals surface area contributed by atoms with Crippen molar-refractivity contribution in [2.24, 2.45) is 0 Å². The van der Waals surface area contributed by atoms with Gasteiger partial charge in [0.1, 0.15) is 6.54 Å². The normalized spacial score (nSPS) is 11.9. The van der Waals surface area contributed by atoms with Crippen LogP contribution in [-0.2, 0) is 17.1 Å². The predicted octanol–water partition coefficient (Wildman–Crippen LogP) is 2.31. The SMILES string of the molecule is COc1cn(CC(=O)Nc2ccc3c(c2)OCO3)c(CSc2ncccn2)cc1=O. The summed E-state index contributed by atoms with van der Waals surface area (Å²) in [7, 11) is 1.42.